The normalized spacial score (nSPS) is 18.8. The van der Waals surface area contributed by atoms with Crippen LogP contribution in [0.15, 0.2) is 58.1 Å². The summed E-state index contributed by atoms with van der Waals surface area (Å²) in [4.78, 5) is 0. The SMILES string of the molecule is COc1ccc(C2=NN3[C@H](C2)c2cc(Br)ccc2O[C@@H]3c2cc(Cl)cc(Cl)c2O)cc1OC. The zero-order valence-electron chi connectivity index (χ0n) is 17.7. The molecule has 0 aliphatic carbocycles. The quantitative estimate of drug-likeness (QED) is 0.391. The zero-order valence-corrected chi connectivity index (χ0v) is 20.8. The highest BCUT2D eigenvalue weighted by Gasteiger charge is 2.42. The summed E-state index contributed by atoms with van der Waals surface area (Å²) < 4.78 is 18.1. The monoisotopic (exact) mass is 548 g/mol. The average molecular weight is 550 g/mol. The molecule has 3 aromatic rings. The van der Waals surface area contributed by atoms with E-state index in [9.17, 15) is 5.11 Å². The number of ether oxygens (including phenoxy) is 3. The minimum atomic E-state index is -0.711. The third kappa shape index (κ3) is 3.88. The van der Waals surface area contributed by atoms with Gasteiger partial charge in [0, 0.05) is 27.0 Å². The lowest BCUT2D eigenvalue weighted by molar-refractivity contribution is -0.0203. The van der Waals surface area contributed by atoms with Crippen molar-refractivity contribution < 1.29 is 19.3 Å². The summed E-state index contributed by atoms with van der Waals surface area (Å²) in [5, 5.41) is 18.0. The number of aromatic hydroxyl groups is 1. The molecule has 0 bridgehead atoms. The predicted octanol–water partition coefficient (Wildman–Crippen LogP) is 6.72. The summed E-state index contributed by atoms with van der Waals surface area (Å²) in [5.41, 5.74) is 3.21. The molecule has 33 heavy (non-hydrogen) atoms. The van der Waals surface area contributed by atoms with Gasteiger partial charge >= 0.3 is 0 Å². The third-order valence-corrected chi connectivity index (χ3v) is 6.79. The molecule has 5 rings (SSSR count). The molecular formula is C24H19BrCl2N2O4. The predicted molar refractivity (Wildman–Crippen MR) is 131 cm³/mol. The van der Waals surface area contributed by atoms with Crippen molar-refractivity contribution in [2.24, 2.45) is 5.10 Å². The molecule has 0 spiro atoms. The fourth-order valence-corrected chi connectivity index (χ4v) is 5.12. The first-order chi connectivity index (χ1) is 15.9. The highest BCUT2D eigenvalue weighted by Crippen LogP contribution is 2.50. The second kappa shape index (κ2) is 8.63. The molecule has 0 fully saturated rings. The first-order valence-electron chi connectivity index (χ1n) is 10.1. The van der Waals surface area contributed by atoms with Crippen LogP contribution in [0.4, 0.5) is 0 Å². The van der Waals surface area contributed by atoms with Gasteiger partial charge in [0.2, 0.25) is 6.23 Å². The van der Waals surface area contributed by atoms with E-state index in [-0.39, 0.29) is 16.8 Å². The molecule has 0 unspecified atom stereocenters. The van der Waals surface area contributed by atoms with Crippen molar-refractivity contribution >= 4 is 44.8 Å². The van der Waals surface area contributed by atoms with Gasteiger partial charge in [-0.05, 0) is 48.5 Å². The van der Waals surface area contributed by atoms with E-state index < -0.39 is 6.23 Å². The Balaban J connectivity index is 1.63. The fraction of sp³-hybridized carbons (Fsp3) is 0.208. The second-order valence-electron chi connectivity index (χ2n) is 7.69. The maximum atomic E-state index is 10.7. The van der Waals surface area contributed by atoms with Crippen molar-refractivity contribution in [3.8, 4) is 23.0 Å². The lowest BCUT2D eigenvalue weighted by atomic mass is 9.95. The number of halogens is 3. The van der Waals surface area contributed by atoms with Gasteiger partial charge in [0.1, 0.15) is 11.5 Å². The number of benzene rings is 3. The number of nitrogens with zero attached hydrogens (tertiary/aromatic N) is 2. The number of rotatable bonds is 4. The molecule has 170 valence electrons. The number of hydrogen-bond donors (Lipinski definition) is 1. The van der Waals surface area contributed by atoms with Crippen LogP contribution >= 0.6 is 39.1 Å². The minimum Gasteiger partial charge on any atom is -0.506 e. The number of hydrazone groups is 1. The molecule has 3 aromatic carbocycles. The third-order valence-electron chi connectivity index (χ3n) is 5.79. The van der Waals surface area contributed by atoms with Crippen molar-refractivity contribution in [2.45, 2.75) is 18.7 Å². The number of phenolic OH excluding ortho intramolecular Hbond substituents is 1. The standard InChI is InChI=1S/C24H19BrCl2N2O4/c1-31-21-5-3-12(7-22(21)32-2)18-11-19-15-8-13(25)4-6-20(15)33-24(29(19)28-18)16-9-14(26)10-17(27)23(16)30/h3-10,19,24,30H,11H2,1-2H3/t19-,24-/m1/s1. The highest BCUT2D eigenvalue weighted by molar-refractivity contribution is 9.10. The molecule has 2 atom stereocenters. The van der Waals surface area contributed by atoms with Crippen LogP contribution in [0.25, 0.3) is 0 Å². The smallest absolute Gasteiger partial charge is 0.217 e. The summed E-state index contributed by atoms with van der Waals surface area (Å²) in [6, 6.07) is 14.6. The average Bonchev–Trinajstić information content (AvgIpc) is 3.26. The number of phenols is 1. The van der Waals surface area contributed by atoms with E-state index in [0.717, 1.165) is 21.3 Å². The molecule has 0 saturated heterocycles. The molecule has 2 heterocycles. The van der Waals surface area contributed by atoms with Gasteiger partial charge < -0.3 is 19.3 Å². The van der Waals surface area contributed by atoms with Crippen molar-refractivity contribution in [3.63, 3.8) is 0 Å². The summed E-state index contributed by atoms with van der Waals surface area (Å²) in [6.45, 7) is 0. The topological polar surface area (TPSA) is 63.5 Å². The van der Waals surface area contributed by atoms with Crippen LogP contribution in [0.5, 0.6) is 23.0 Å². The van der Waals surface area contributed by atoms with E-state index in [0.29, 0.717) is 34.3 Å². The fourth-order valence-electron chi connectivity index (χ4n) is 4.23. The van der Waals surface area contributed by atoms with Crippen LogP contribution in [0.3, 0.4) is 0 Å². The van der Waals surface area contributed by atoms with Crippen LogP contribution in [0.2, 0.25) is 10.0 Å². The Morgan fingerprint density at radius 1 is 1.03 bits per heavy atom. The molecule has 2 aliphatic heterocycles. The number of hydrogen-bond acceptors (Lipinski definition) is 6. The second-order valence-corrected chi connectivity index (χ2v) is 9.45. The molecule has 0 saturated carbocycles. The van der Waals surface area contributed by atoms with Crippen molar-refractivity contribution in [1.82, 2.24) is 5.01 Å². The van der Waals surface area contributed by atoms with Crippen molar-refractivity contribution in [3.05, 3.63) is 79.7 Å². The first-order valence-corrected chi connectivity index (χ1v) is 11.7. The van der Waals surface area contributed by atoms with Crippen LogP contribution in [0, 0.1) is 0 Å². The van der Waals surface area contributed by atoms with Gasteiger partial charge in [0.25, 0.3) is 0 Å². The Bertz CT molecular complexity index is 1280. The molecule has 6 nitrogen and oxygen atoms in total. The lowest BCUT2D eigenvalue weighted by Crippen LogP contribution is -2.33. The van der Waals surface area contributed by atoms with Gasteiger partial charge in [0.05, 0.1) is 36.6 Å². The summed E-state index contributed by atoms with van der Waals surface area (Å²) >= 11 is 16.0. The van der Waals surface area contributed by atoms with Gasteiger partial charge in [-0.3, -0.25) is 0 Å². The van der Waals surface area contributed by atoms with Crippen molar-refractivity contribution in [2.75, 3.05) is 14.2 Å². The van der Waals surface area contributed by atoms with E-state index in [1.165, 1.54) is 6.07 Å². The Hall–Kier alpha value is -2.61. The lowest BCUT2D eigenvalue weighted by Gasteiger charge is -2.38. The summed E-state index contributed by atoms with van der Waals surface area (Å²) in [6.07, 6.45) is -0.0778. The van der Waals surface area contributed by atoms with Crippen LogP contribution in [0.1, 0.15) is 35.4 Å². The van der Waals surface area contributed by atoms with Gasteiger partial charge in [0.15, 0.2) is 11.5 Å². The van der Waals surface area contributed by atoms with Crippen LogP contribution in [-0.4, -0.2) is 30.0 Å². The zero-order chi connectivity index (χ0) is 23.3. The van der Waals surface area contributed by atoms with Crippen molar-refractivity contribution in [1.29, 1.82) is 0 Å². The Labute approximate surface area is 209 Å². The Morgan fingerprint density at radius 2 is 1.82 bits per heavy atom. The Morgan fingerprint density at radius 3 is 2.58 bits per heavy atom. The van der Waals surface area contributed by atoms with E-state index in [4.69, 9.17) is 42.5 Å². The minimum absolute atomic E-state index is 0.0832. The summed E-state index contributed by atoms with van der Waals surface area (Å²) in [5.74, 6) is 1.90. The number of methoxy groups -OCH3 is 2. The van der Waals surface area contributed by atoms with Gasteiger partial charge in [-0.15, -0.1) is 0 Å². The molecule has 2 aliphatic rings. The molecular weight excluding hydrogens is 531 g/mol. The number of fused-ring (bicyclic) bond motifs is 3. The van der Waals surface area contributed by atoms with Gasteiger partial charge in [-0.25, -0.2) is 5.01 Å². The summed E-state index contributed by atoms with van der Waals surface area (Å²) in [7, 11) is 3.20. The molecule has 1 N–H and O–H groups in total. The van der Waals surface area contributed by atoms with Gasteiger partial charge in [-0.2, -0.15) is 5.10 Å². The highest BCUT2D eigenvalue weighted by atomic mass is 79.9. The van der Waals surface area contributed by atoms with Crippen LogP contribution < -0.4 is 14.2 Å². The maximum absolute atomic E-state index is 10.7. The Kier molecular flexibility index (Phi) is 5.80. The van der Waals surface area contributed by atoms with Gasteiger partial charge in [-0.1, -0.05) is 39.1 Å². The van der Waals surface area contributed by atoms with E-state index in [1.807, 2.05) is 41.4 Å². The molecule has 0 amide bonds. The maximum Gasteiger partial charge on any atom is 0.217 e. The molecule has 9 heteroatoms. The van der Waals surface area contributed by atoms with E-state index in [1.54, 1.807) is 20.3 Å². The molecule has 0 aromatic heterocycles. The van der Waals surface area contributed by atoms with Crippen LogP contribution in [-0.2, 0) is 0 Å². The van der Waals surface area contributed by atoms with E-state index in [2.05, 4.69) is 15.9 Å². The molecule has 0 radical (unpaired) electrons. The first kappa shape index (κ1) is 22.2. The van der Waals surface area contributed by atoms with E-state index >= 15 is 0 Å². The largest absolute Gasteiger partial charge is 0.506 e.